The van der Waals surface area contributed by atoms with Gasteiger partial charge < -0.3 is 5.11 Å². The molecule has 1 aromatic rings. The number of hydrogen-bond acceptors (Lipinski definition) is 4. The van der Waals surface area contributed by atoms with Gasteiger partial charge in [-0.15, -0.1) is 0 Å². The molecule has 0 unspecified atom stereocenters. The Kier molecular flexibility index (Phi) is 5.85. The van der Waals surface area contributed by atoms with Gasteiger partial charge in [-0.25, -0.2) is 17.5 Å². The molecule has 128 valence electrons. The first-order valence-electron chi connectivity index (χ1n) is 6.80. The van der Waals surface area contributed by atoms with Crippen LogP contribution in [0.1, 0.15) is 12.8 Å². The zero-order valence-electron chi connectivity index (χ0n) is 11.9. The maximum atomic E-state index is 13.2. The quantitative estimate of drug-likeness (QED) is 0.809. The van der Waals surface area contributed by atoms with Crippen molar-refractivity contribution in [2.75, 3.05) is 19.6 Å². The summed E-state index contributed by atoms with van der Waals surface area (Å²) in [5, 5.41) is 8.16. The fraction of sp³-hybridized carbons (Fsp3) is 0.462. The van der Waals surface area contributed by atoms with Crippen molar-refractivity contribution in [3.8, 4) is 0 Å². The Morgan fingerprint density at radius 3 is 2.30 bits per heavy atom. The number of piperidine rings is 1. The summed E-state index contributed by atoms with van der Waals surface area (Å²) in [7, 11) is -3.99. The van der Waals surface area contributed by atoms with Crippen molar-refractivity contribution in [3.05, 3.63) is 28.0 Å². The van der Waals surface area contributed by atoms with Crippen molar-refractivity contribution >= 4 is 39.2 Å². The molecule has 0 spiro atoms. The molecular weight excluding hydrogens is 370 g/mol. The first-order valence-corrected chi connectivity index (χ1v) is 9.04. The predicted octanol–water partition coefficient (Wildman–Crippen LogP) is 1.96. The molecule has 0 aromatic heterocycles. The van der Waals surface area contributed by atoms with Gasteiger partial charge in [-0.2, -0.15) is 0 Å². The van der Waals surface area contributed by atoms with Gasteiger partial charge in [0.15, 0.2) is 0 Å². The Bertz CT molecular complexity index is 683. The van der Waals surface area contributed by atoms with Crippen molar-refractivity contribution in [2.24, 2.45) is 0 Å². The Morgan fingerprint density at radius 2 is 1.83 bits per heavy atom. The second kappa shape index (κ2) is 7.31. The second-order valence-electron chi connectivity index (χ2n) is 5.26. The van der Waals surface area contributed by atoms with E-state index in [1.807, 2.05) is 0 Å². The Labute approximate surface area is 143 Å². The average molecular weight is 385 g/mol. The molecule has 1 aliphatic heterocycles. The number of hydrogen-bond donors (Lipinski definition) is 2. The summed E-state index contributed by atoms with van der Waals surface area (Å²) in [6.07, 6.45) is 0.923. The van der Waals surface area contributed by atoms with E-state index in [0.717, 1.165) is 12.1 Å². The third kappa shape index (κ3) is 4.77. The Hall–Kier alpha value is -0.930. The average Bonchev–Trinajstić information content (AvgIpc) is 2.38. The number of carboxylic acids is 1. The van der Waals surface area contributed by atoms with E-state index < -0.39 is 21.8 Å². The summed E-state index contributed by atoms with van der Waals surface area (Å²) in [5.41, 5.74) is 0. The molecule has 6 nitrogen and oxygen atoms in total. The minimum Gasteiger partial charge on any atom is -0.480 e. The summed E-state index contributed by atoms with van der Waals surface area (Å²) in [4.78, 5) is 12.0. The number of halogens is 3. The van der Waals surface area contributed by atoms with Gasteiger partial charge in [0.25, 0.3) is 0 Å². The summed E-state index contributed by atoms with van der Waals surface area (Å²) in [5.74, 6) is -1.64. The largest absolute Gasteiger partial charge is 0.480 e. The van der Waals surface area contributed by atoms with Crippen LogP contribution in [0.5, 0.6) is 0 Å². The monoisotopic (exact) mass is 384 g/mol. The molecule has 0 amide bonds. The highest BCUT2D eigenvalue weighted by Crippen LogP contribution is 2.30. The van der Waals surface area contributed by atoms with E-state index in [1.54, 1.807) is 4.90 Å². The van der Waals surface area contributed by atoms with Crippen LogP contribution >= 0.6 is 23.2 Å². The van der Waals surface area contributed by atoms with Crippen LogP contribution in [0.3, 0.4) is 0 Å². The summed E-state index contributed by atoms with van der Waals surface area (Å²) < 4.78 is 40.5. The highest BCUT2D eigenvalue weighted by atomic mass is 35.5. The fourth-order valence-corrected chi connectivity index (χ4v) is 4.96. The second-order valence-corrected chi connectivity index (χ2v) is 7.73. The van der Waals surface area contributed by atoms with Gasteiger partial charge in [-0.1, -0.05) is 23.2 Å². The molecule has 0 bridgehead atoms. The molecule has 1 aliphatic rings. The summed E-state index contributed by atoms with van der Waals surface area (Å²) in [6, 6.07) is 1.41. The molecular formula is C13H15Cl2FN2O4S. The molecule has 1 fully saturated rings. The first-order chi connectivity index (χ1) is 10.7. The number of carbonyl (C=O) groups is 1. The lowest BCUT2D eigenvalue weighted by Gasteiger charge is -2.31. The van der Waals surface area contributed by atoms with Crippen LogP contribution < -0.4 is 4.72 Å². The first kappa shape index (κ1) is 18.4. The van der Waals surface area contributed by atoms with Gasteiger partial charge in [0, 0.05) is 19.1 Å². The number of rotatable bonds is 5. The van der Waals surface area contributed by atoms with E-state index in [-0.39, 0.29) is 27.5 Å². The highest BCUT2D eigenvalue weighted by molar-refractivity contribution is 7.89. The Morgan fingerprint density at radius 1 is 1.30 bits per heavy atom. The topological polar surface area (TPSA) is 86.7 Å². The standard InChI is InChI=1S/C13H15Cl2FN2O4S/c14-10-5-8(16)6-11(15)13(10)23(21,22)17-9-1-3-18(4-2-9)7-12(19)20/h5-6,9,17H,1-4,7H2,(H,19,20). The van der Waals surface area contributed by atoms with Crippen molar-refractivity contribution in [1.29, 1.82) is 0 Å². The van der Waals surface area contributed by atoms with Crippen LogP contribution in [-0.2, 0) is 14.8 Å². The number of nitrogens with one attached hydrogen (secondary N) is 1. The van der Waals surface area contributed by atoms with Crippen LogP contribution in [0, 0.1) is 5.82 Å². The number of aliphatic carboxylic acids is 1. The number of nitrogens with zero attached hydrogens (tertiary/aromatic N) is 1. The zero-order valence-corrected chi connectivity index (χ0v) is 14.3. The van der Waals surface area contributed by atoms with Gasteiger partial charge in [0.1, 0.15) is 10.7 Å². The van der Waals surface area contributed by atoms with Gasteiger partial charge in [0.05, 0.1) is 16.6 Å². The lowest BCUT2D eigenvalue weighted by Crippen LogP contribution is -2.45. The third-order valence-corrected chi connectivity index (χ3v) is 5.94. The molecule has 1 aromatic carbocycles. The van der Waals surface area contributed by atoms with Crippen LogP contribution in [0.2, 0.25) is 10.0 Å². The smallest absolute Gasteiger partial charge is 0.317 e. The highest BCUT2D eigenvalue weighted by Gasteiger charge is 2.28. The molecule has 0 radical (unpaired) electrons. The van der Waals surface area contributed by atoms with Crippen LogP contribution in [0.15, 0.2) is 17.0 Å². The van der Waals surface area contributed by atoms with E-state index in [4.69, 9.17) is 28.3 Å². The molecule has 10 heteroatoms. The van der Waals surface area contributed by atoms with E-state index >= 15 is 0 Å². The normalized spacial score (nSPS) is 17.3. The molecule has 23 heavy (non-hydrogen) atoms. The lowest BCUT2D eigenvalue weighted by atomic mass is 10.1. The maximum Gasteiger partial charge on any atom is 0.317 e. The molecule has 2 N–H and O–H groups in total. The van der Waals surface area contributed by atoms with Crippen molar-refractivity contribution < 1.29 is 22.7 Å². The van der Waals surface area contributed by atoms with Crippen LogP contribution in [0.25, 0.3) is 0 Å². The molecule has 1 heterocycles. The molecule has 0 atom stereocenters. The van der Waals surface area contributed by atoms with Gasteiger partial charge >= 0.3 is 5.97 Å². The van der Waals surface area contributed by atoms with E-state index in [0.29, 0.717) is 25.9 Å². The van der Waals surface area contributed by atoms with Crippen molar-refractivity contribution in [1.82, 2.24) is 9.62 Å². The maximum absolute atomic E-state index is 13.2. The number of benzene rings is 1. The van der Waals surface area contributed by atoms with Gasteiger partial charge in [-0.05, 0) is 25.0 Å². The van der Waals surface area contributed by atoms with E-state index in [9.17, 15) is 17.6 Å². The lowest BCUT2D eigenvalue weighted by molar-refractivity contribution is -0.138. The molecule has 1 saturated heterocycles. The van der Waals surface area contributed by atoms with Gasteiger partial charge in [0.2, 0.25) is 10.0 Å². The fourth-order valence-electron chi connectivity index (χ4n) is 2.46. The van der Waals surface area contributed by atoms with Crippen molar-refractivity contribution in [3.63, 3.8) is 0 Å². The minimum absolute atomic E-state index is 0.0743. The van der Waals surface area contributed by atoms with Crippen LogP contribution in [-0.4, -0.2) is 50.1 Å². The van der Waals surface area contributed by atoms with Gasteiger partial charge in [-0.3, -0.25) is 9.69 Å². The van der Waals surface area contributed by atoms with Crippen LogP contribution in [0.4, 0.5) is 4.39 Å². The van der Waals surface area contributed by atoms with Crippen molar-refractivity contribution in [2.45, 2.75) is 23.8 Å². The molecule has 0 saturated carbocycles. The van der Waals surface area contributed by atoms with E-state index in [1.165, 1.54) is 0 Å². The summed E-state index contributed by atoms with van der Waals surface area (Å²) >= 11 is 11.6. The van der Waals surface area contributed by atoms with E-state index in [2.05, 4.69) is 4.72 Å². The SMILES string of the molecule is O=C(O)CN1CCC(NS(=O)(=O)c2c(Cl)cc(F)cc2Cl)CC1. The number of sulfonamides is 1. The Balaban J connectivity index is 2.07. The summed E-state index contributed by atoms with van der Waals surface area (Å²) in [6.45, 7) is 0.851. The molecule has 0 aliphatic carbocycles. The number of likely N-dealkylation sites (tertiary alicyclic amines) is 1. The predicted molar refractivity (Wildman–Crippen MR) is 83.8 cm³/mol. The number of carboxylic acid groups (broad SMARTS) is 1. The molecule has 2 rings (SSSR count). The minimum atomic E-state index is -3.99. The zero-order chi connectivity index (χ0) is 17.2. The third-order valence-electron chi connectivity index (χ3n) is 3.50.